The number of hydrogen-bond donors (Lipinski definition) is 0. The first-order valence-corrected chi connectivity index (χ1v) is 8.62. The summed E-state index contributed by atoms with van der Waals surface area (Å²) in [6, 6.07) is 16.4. The van der Waals surface area contributed by atoms with Gasteiger partial charge in [-0.3, -0.25) is 0 Å². The van der Waals surface area contributed by atoms with E-state index in [1.54, 1.807) is 0 Å². The van der Waals surface area contributed by atoms with Gasteiger partial charge in [-0.1, -0.05) is 30.3 Å². The minimum absolute atomic E-state index is 0.293. The highest BCUT2D eigenvalue weighted by Crippen LogP contribution is 2.31. The number of benzene rings is 2. The van der Waals surface area contributed by atoms with Crippen molar-refractivity contribution in [3.8, 4) is 0 Å². The number of rotatable bonds is 3. The largest absolute Gasteiger partial charge is 0.465 e. The maximum atomic E-state index is 11.6. The van der Waals surface area contributed by atoms with Crippen LogP contribution in [0.25, 0.3) is 10.9 Å². The zero-order valence-corrected chi connectivity index (χ0v) is 14.7. The first-order chi connectivity index (χ1) is 12.2. The molecule has 2 heterocycles. The fourth-order valence-corrected chi connectivity index (χ4v) is 3.76. The Morgan fingerprint density at radius 3 is 2.64 bits per heavy atom. The van der Waals surface area contributed by atoms with Crippen LogP contribution in [0.1, 0.15) is 27.2 Å². The standard InChI is InChI=1S/C21H22N2O2/c1-22-12-11-20-18(14-22)17-5-3-4-6-19(17)23(20)13-15-7-9-16(10-8-15)21(24)25-2/h3-10H,11-14H2,1-2H3. The van der Waals surface area contributed by atoms with E-state index >= 15 is 0 Å². The van der Waals surface area contributed by atoms with Crippen molar-refractivity contribution in [2.75, 3.05) is 20.7 Å². The van der Waals surface area contributed by atoms with Gasteiger partial charge in [-0.25, -0.2) is 4.79 Å². The van der Waals surface area contributed by atoms with E-state index < -0.39 is 0 Å². The molecule has 0 atom stereocenters. The molecule has 25 heavy (non-hydrogen) atoms. The number of hydrogen-bond acceptors (Lipinski definition) is 3. The second-order valence-corrected chi connectivity index (χ2v) is 6.70. The Morgan fingerprint density at radius 2 is 1.88 bits per heavy atom. The fraction of sp³-hybridized carbons (Fsp3) is 0.286. The number of carbonyl (C=O) groups is 1. The third kappa shape index (κ3) is 2.83. The molecule has 4 nitrogen and oxygen atoms in total. The molecule has 4 heteroatoms. The predicted molar refractivity (Wildman–Crippen MR) is 98.9 cm³/mol. The van der Waals surface area contributed by atoms with Crippen LogP contribution >= 0.6 is 0 Å². The molecule has 128 valence electrons. The number of fused-ring (bicyclic) bond motifs is 3. The van der Waals surface area contributed by atoms with Crippen LogP contribution in [0.2, 0.25) is 0 Å². The molecule has 0 bridgehead atoms. The number of likely N-dealkylation sites (N-methyl/N-ethyl adjacent to an activating group) is 1. The number of aromatic nitrogens is 1. The van der Waals surface area contributed by atoms with Crippen LogP contribution in [-0.2, 0) is 24.2 Å². The van der Waals surface area contributed by atoms with E-state index in [2.05, 4.69) is 40.8 Å². The molecule has 0 N–H and O–H groups in total. The minimum Gasteiger partial charge on any atom is -0.465 e. The summed E-state index contributed by atoms with van der Waals surface area (Å²) in [7, 11) is 3.59. The van der Waals surface area contributed by atoms with E-state index in [4.69, 9.17) is 4.74 Å². The summed E-state index contributed by atoms with van der Waals surface area (Å²) in [5, 5.41) is 1.36. The molecule has 0 unspecified atom stereocenters. The van der Waals surface area contributed by atoms with Crippen LogP contribution in [0.4, 0.5) is 0 Å². The number of para-hydroxylation sites is 1. The molecule has 0 radical (unpaired) electrons. The summed E-state index contributed by atoms with van der Waals surface area (Å²) in [5.74, 6) is -0.293. The van der Waals surface area contributed by atoms with Gasteiger partial charge in [0.05, 0.1) is 12.7 Å². The Labute approximate surface area is 147 Å². The lowest BCUT2D eigenvalue weighted by Gasteiger charge is -2.24. The normalized spacial score (nSPS) is 14.5. The molecule has 2 aromatic carbocycles. The highest BCUT2D eigenvalue weighted by molar-refractivity contribution is 5.89. The minimum atomic E-state index is -0.293. The molecular weight excluding hydrogens is 312 g/mol. The van der Waals surface area contributed by atoms with Gasteiger partial charge in [-0.05, 0) is 36.4 Å². The maximum absolute atomic E-state index is 11.6. The molecule has 3 aromatic rings. The third-order valence-electron chi connectivity index (χ3n) is 5.07. The smallest absolute Gasteiger partial charge is 0.337 e. The zero-order chi connectivity index (χ0) is 17.4. The van der Waals surface area contributed by atoms with Crippen molar-refractivity contribution < 1.29 is 9.53 Å². The Balaban J connectivity index is 1.73. The van der Waals surface area contributed by atoms with Crippen molar-refractivity contribution >= 4 is 16.9 Å². The SMILES string of the molecule is COC(=O)c1ccc(Cn2c3c(c4ccccc42)CN(C)CC3)cc1. The van der Waals surface area contributed by atoms with Crippen LogP contribution in [0.3, 0.4) is 0 Å². The fourth-order valence-electron chi connectivity index (χ4n) is 3.76. The molecular formula is C21H22N2O2. The van der Waals surface area contributed by atoms with Crippen molar-refractivity contribution in [1.29, 1.82) is 0 Å². The lowest BCUT2D eigenvalue weighted by Crippen LogP contribution is -2.27. The van der Waals surface area contributed by atoms with Crippen LogP contribution < -0.4 is 0 Å². The van der Waals surface area contributed by atoms with Crippen LogP contribution in [-0.4, -0.2) is 36.1 Å². The molecule has 1 aliphatic rings. The molecule has 0 saturated carbocycles. The number of ether oxygens (including phenoxy) is 1. The van der Waals surface area contributed by atoms with Crippen LogP contribution in [0, 0.1) is 0 Å². The maximum Gasteiger partial charge on any atom is 0.337 e. The first kappa shape index (κ1) is 15.9. The van der Waals surface area contributed by atoms with Gasteiger partial charge in [-0.15, -0.1) is 0 Å². The molecule has 0 amide bonds. The Bertz CT molecular complexity index is 925. The van der Waals surface area contributed by atoms with E-state index in [1.165, 1.54) is 34.8 Å². The zero-order valence-electron chi connectivity index (χ0n) is 14.7. The monoisotopic (exact) mass is 334 g/mol. The van der Waals surface area contributed by atoms with Gasteiger partial charge in [-0.2, -0.15) is 0 Å². The van der Waals surface area contributed by atoms with E-state index in [0.29, 0.717) is 5.56 Å². The van der Waals surface area contributed by atoms with Gasteiger partial charge in [0.15, 0.2) is 0 Å². The lowest BCUT2D eigenvalue weighted by molar-refractivity contribution is 0.0600. The second-order valence-electron chi connectivity index (χ2n) is 6.70. The number of nitrogens with zero attached hydrogens (tertiary/aromatic N) is 2. The van der Waals surface area contributed by atoms with Gasteiger partial charge in [0.1, 0.15) is 0 Å². The topological polar surface area (TPSA) is 34.5 Å². The van der Waals surface area contributed by atoms with Gasteiger partial charge in [0, 0.05) is 42.7 Å². The Morgan fingerprint density at radius 1 is 1.12 bits per heavy atom. The average Bonchev–Trinajstić information content (AvgIpc) is 2.95. The van der Waals surface area contributed by atoms with Crippen LogP contribution in [0.15, 0.2) is 48.5 Å². The predicted octanol–water partition coefficient (Wildman–Crippen LogP) is 3.46. The van der Waals surface area contributed by atoms with Crippen molar-refractivity contribution in [3.05, 3.63) is 70.9 Å². The summed E-state index contributed by atoms with van der Waals surface area (Å²) in [6.45, 7) is 2.91. The highest BCUT2D eigenvalue weighted by atomic mass is 16.5. The van der Waals surface area contributed by atoms with Crippen molar-refractivity contribution in [2.45, 2.75) is 19.5 Å². The number of methoxy groups -OCH3 is 1. The summed E-state index contributed by atoms with van der Waals surface area (Å²) in [4.78, 5) is 14.0. The van der Waals surface area contributed by atoms with Gasteiger partial charge >= 0.3 is 5.97 Å². The third-order valence-corrected chi connectivity index (χ3v) is 5.07. The Hall–Kier alpha value is -2.59. The average molecular weight is 334 g/mol. The highest BCUT2D eigenvalue weighted by Gasteiger charge is 2.22. The molecule has 0 spiro atoms. The molecule has 4 rings (SSSR count). The Kier molecular flexibility index (Phi) is 4.06. The van der Waals surface area contributed by atoms with Crippen molar-refractivity contribution in [3.63, 3.8) is 0 Å². The molecule has 0 aliphatic carbocycles. The van der Waals surface area contributed by atoms with Gasteiger partial charge in [0.2, 0.25) is 0 Å². The number of esters is 1. The first-order valence-electron chi connectivity index (χ1n) is 8.62. The van der Waals surface area contributed by atoms with E-state index in [1.807, 2.05) is 24.3 Å². The van der Waals surface area contributed by atoms with E-state index in [-0.39, 0.29) is 5.97 Å². The van der Waals surface area contributed by atoms with Crippen molar-refractivity contribution in [2.24, 2.45) is 0 Å². The summed E-state index contributed by atoms with van der Waals surface area (Å²) in [6.07, 6.45) is 1.07. The summed E-state index contributed by atoms with van der Waals surface area (Å²) in [5.41, 5.74) is 5.97. The van der Waals surface area contributed by atoms with E-state index in [9.17, 15) is 4.79 Å². The molecule has 0 fully saturated rings. The van der Waals surface area contributed by atoms with Gasteiger partial charge < -0.3 is 14.2 Å². The quantitative estimate of drug-likeness (QED) is 0.688. The number of carbonyl (C=O) groups excluding carboxylic acids is 1. The second kappa shape index (κ2) is 6.37. The van der Waals surface area contributed by atoms with Gasteiger partial charge in [0.25, 0.3) is 0 Å². The lowest BCUT2D eigenvalue weighted by atomic mass is 10.1. The van der Waals surface area contributed by atoms with E-state index in [0.717, 1.165) is 26.1 Å². The molecule has 1 aliphatic heterocycles. The van der Waals surface area contributed by atoms with Crippen molar-refractivity contribution in [1.82, 2.24) is 9.47 Å². The molecule has 1 aromatic heterocycles. The molecule has 0 saturated heterocycles. The summed E-state index contributed by atoms with van der Waals surface area (Å²) >= 11 is 0. The van der Waals surface area contributed by atoms with Crippen LogP contribution in [0.5, 0.6) is 0 Å². The summed E-state index contributed by atoms with van der Waals surface area (Å²) < 4.78 is 7.21.